The lowest BCUT2D eigenvalue weighted by Crippen LogP contribution is -2.65. The van der Waals surface area contributed by atoms with Crippen LogP contribution in [0.4, 0.5) is 4.79 Å². The predicted octanol–water partition coefficient (Wildman–Crippen LogP) is 3.25. The van der Waals surface area contributed by atoms with Crippen LogP contribution in [0, 0.1) is 11.8 Å². The normalized spacial score (nSPS) is 25.1. The minimum Gasteiger partial charge on any atom is -0.478 e. The third-order valence-corrected chi connectivity index (χ3v) is 7.00. The molecule has 31 heavy (non-hydrogen) atoms. The van der Waals surface area contributed by atoms with E-state index in [1.165, 1.54) is 12.8 Å². The molecule has 6 N–H and O–H groups in total. The van der Waals surface area contributed by atoms with Gasteiger partial charge >= 0.3 is 12.0 Å². The van der Waals surface area contributed by atoms with Crippen molar-refractivity contribution in [3.63, 3.8) is 0 Å². The Morgan fingerprint density at radius 3 is 2.32 bits per heavy atom. The molecule has 0 aromatic carbocycles. The largest absolute Gasteiger partial charge is 0.478 e. The fraction of sp³-hybridized carbons (Fsp3) is 0.870. The number of carbonyl (C=O) groups excluding carboxylic acids is 2. The van der Waals surface area contributed by atoms with Gasteiger partial charge in [0.25, 0.3) is 0 Å². The summed E-state index contributed by atoms with van der Waals surface area (Å²) in [6.45, 7) is 4.09. The van der Waals surface area contributed by atoms with Crippen molar-refractivity contribution in [3.05, 3.63) is 0 Å². The Hall–Kier alpha value is -1.83. The fourth-order valence-electron chi connectivity index (χ4n) is 4.88. The van der Waals surface area contributed by atoms with Gasteiger partial charge in [0.05, 0.1) is 0 Å². The van der Waals surface area contributed by atoms with Gasteiger partial charge in [-0.3, -0.25) is 10.5 Å². The van der Waals surface area contributed by atoms with Crippen LogP contribution in [0.3, 0.4) is 0 Å². The van der Waals surface area contributed by atoms with Crippen LogP contribution in [0.1, 0.15) is 97.3 Å². The van der Waals surface area contributed by atoms with Crippen LogP contribution in [0.5, 0.6) is 0 Å². The number of urea groups is 1. The monoisotopic (exact) mass is 438 g/mol. The zero-order valence-corrected chi connectivity index (χ0v) is 19.3. The van der Waals surface area contributed by atoms with Gasteiger partial charge in [0.1, 0.15) is 6.04 Å². The lowest BCUT2D eigenvalue weighted by Gasteiger charge is -2.33. The number of carboxylic acid groups (broad SMARTS) is 1. The third-order valence-electron chi connectivity index (χ3n) is 7.00. The molecule has 2 fully saturated rings. The molecule has 2 aliphatic rings. The van der Waals surface area contributed by atoms with Gasteiger partial charge in [0.2, 0.25) is 5.91 Å². The van der Waals surface area contributed by atoms with Gasteiger partial charge in [-0.1, -0.05) is 65.2 Å². The maximum absolute atomic E-state index is 13.1. The number of carboxylic acids is 1. The van der Waals surface area contributed by atoms with E-state index >= 15 is 0 Å². The molecule has 0 saturated heterocycles. The van der Waals surface area contributed by atoms with Crippen molar-refractivity contribution in [2.75, 3.05) is 0 Å². The number of nitrogens with two attached hydrogens (primary N) is 1. The summed E-state index contributed by atoms with van der Waals surface area (Å²) < 4.78 is 0. The molecular weight excluding hydrogens is 396 g/mol. The summed E-state index contributed by atoms with van der Waals surface area (Å²) >= 11 is 0. The molecule has 2 rings (SSSR count). The highest BCUT2D eigenvalue weighted by Gasteiger charge is 2.37. The molecule has 3 unspecified atom stereocenters. The quantitative estimate of drug-likeness (QED) is 0.334. The Balaban J connectivity index is 2.04. The first-order chi connectivity index (χ1) is 14.7. The van der Waals surface area contributed by atoms with Crippen molar-refractivity contribution in [1.29, 1.82) is 0 Å². The van der Waals surface area contributed by atoms with Crippen LogP contribution < -0.4 is 21.7 Å². The molecule has 0 aromatic rings. The van der Waals surface area contributed by atoms with Crippen molar-refractivity contribution >= 4 is 17.9 Å². The minimum atomic E-state index is -1.84. The summed E-state index contributed by atoms with van der Waals surface area (Å²) in [5, 5.41) is 17.8. The number of nitrogens with one attached hydrogen (secondary N) is 3. The standard InChI is InChI=1S/C23H42N4O4/c1-3-4-14-23(24,21(29)30)27-22(31)26-19(15-17-11-6-5-7-12-17)20(28)25-18-13-9-8-10-16(18)2/h16-19H,3-15,24H2,1-2H3,(H,25,28)(H,29,30)(H2,26,27,31)/t16?,18?,19-,23?/m1/s1. The highest BCUT2D eigenvalue weighted by molar-refractivity contribution is 5.90. The van der Waals surface area contributed by atoms with Gasteiger partial charge in [-0.25, -0.2) is 9.59 Å². The summed E-state index contributed by atoms with van der Waals surface area (Å²) in [7, 11) is 0. The molecule has 178 valence electrons. The van der Waals surface area contributed by atoms with Crippen LogP contribution in [-0.4, -0.2) is 40.8 Å². The van der Waals surface area contributed by atoms with Crippen molar-refractivity contribution in [2.24, 2.45) is 17.6 Å². The zero-order valence-electron chi connectivity index (χ0n) is 19.3. The van der Waals surface area contributed by atoms with E-state index in [1.54, 1.807) is 0 Å². The second-order valence-electron chi connectivity index (χ2n) is 9.65. The number of amides is 3. The molecule has 8 heteroatoms. The van der Waals surface area contributed by atoms with Crippen LogP contribution in [0.2, 0.25) is 0 Å². The van der Waals surface area contributed by atoms with Crippen LogP contribution in [0.25, 0.3) is 0 Å². The average molecular weight is 439 g/mol. The summed E-state index contributed by atoms with van der Waals surface area (Å²) in [6.07, 6.45) is 12.0. The molecule has 2 saturated carbocycles. The summed E-state index contributed by atoms with van der Waals surface area (Å²) in [4.78, 5) is 37.5. The van der Waals surface area contributed by atoms with Crippen LogP contribution in [-0.2, 0) is 9.59 Å². The molecule has 0 aromatic heterocycles. The van der Waals surface area contributed by atoms with Gasteiger partial charge in [0, 0.05) is 6.04 Å². The molecule has 0 radical (unpaired) electrons. The molecule has 4 atom stereocenters. The predicted molar refractivity (Wildman–Crippen MR) is 120 cm³/mol. The highest BCUT2D eigenvalue weighted by Crippen LogP contribution is 2.28. The number of unbranched alkanes of at least 4 members (excludes halogenated alkanes) is 1. The molecule has 0 bridgehead atoms. The van der Waals surface area contributed by atoms with Crippen molar-refractivity contribution in [1.82, 2.24) is 16.0 Å². The molecule has 0 spiro atoms. The van der Waals surface area contributed by atoms with E-state index in [0.717, 1.165) is 51.4 Å². The van der Waals surface area contributed by atoms with E-state index in [2.05, 4.69) is 22.9 Å². The minimum absolute atomic E-state index is 0.122. The van der Waals surface area contributed by atoms with Crippen molar-refractivity contribution in [2.45, 2.75) is 115 Å². The molecular formula is C23H42N4O4. The van der Waals surface area contributed by atoms with Crippen molar-refractivity contribution < 1.29 is 19.5 Å². The fourth-order valence-corrected chi connectivity index (χ4v) is 4.88. The molecule has 3 amide bonds. The second-order valence-corrected chi connectivity index (χ2v) is 9.65. The number of hydrogen-bond donors (Lipinski definition) is 5. The average Bonchev–Trinajstić information content (AvgIpc) is 2.74. The molecule has 0 aliphatic heterocycles. The van der Waals surface area contributed by atoms with Gasteiger partial charge in [-0.15, -0.1) is 0 Å². The maximum Gasteiger partial charge on any atom is 0.344 e. The van der Waals surface area contributed by atoms with E-state index in [9.17, 15) is 19.5 Å². The van der Waals surface area contributed by atoms with Gasteiger partial charge in [0.15, 0.2) is 5.66 Å². The van der Waals surface area contributed by atoms with E-state index in [0.29, 0.717) is 24.7 Å². The van der Waals surface area contributed by atoms with E-state index < -0.39 is 23.7 Å². The van der Waals surface area contributed by atoms with Crippen molar-refractivity contribution in [3.8, 4) is 0 Å². The number of rotatable bonds is 10. The number of aliphatic carboxylic acids is 1. The lowest BCUT2D eigenvalue weighted by atomic mass is 9.83. The summed E-state index contributed by atoms with van der Waals surface area (Å²) in [5.41, 5.74) is 4.12. The Kier molecular flexibility index (Phi) is 10.1. The third kappa shape index (κ3) is 7.98. The van der Waals surface area contributed by atoms with E-state index in [1.807, 2.05) is 6.92 Å². The Morgan fingerprint density at radius 1 is 1.06 bits per heavy atom. The smallest absolute Gasteiger partial charge is 0.344 e. The van der Waals surface area contributed by atoms with Crippen LogP contribution in [0.15, 0.2) is 0 Å². The Labute approximate surface area is 186 Å². The van der Waals surface area contributed by atoms with Gasteiger partial charge < -0.3 is 21.1 Å². The van der Waals surface area contributed by atoms with E-state index in [-0.39, 0.29) is 18.4 Å². The lowest BCUT2D eigenvalue weighted by molar-refractivity contribution is -0.144. The molecule has 0 heterocycles. The SMILES string of the molecule is CCCCC(N)(NC(=O)N[C@H](CC1CCCCC1)C(=O)NC1CCCCC1C)C(=O)O. The number of hydrogen-bond acceptors (Lipinski definition) is 4. The summed E-state index contributed by atoms with van der Waals surface area (Å²) in [6, 6.07) is -1.27. The first kappa shape index (κ1) is 25.4. The Bertz CT molecular complexity index is 608. The van der Waals surface area contributed by atoms with Crippen LogP contribution >= 0.6 is 0 Å². The maximum atomic E-state index is 13.1. The second kappa shape index (κ2) is 12.3. The number of carbonyl (C=O) groups is 3. The molecule has 2 aliphatic carbocycles. The zero-order chi connectivity index (χ0) is 22.9. The first-order valence-corrected chi connectivity index (χ1v) is 12.2. The van der Waals surface area contributed by atoms with E-state index in [4.69, 9.17) is 5.73 Å². The Morgan fingerprint density at radius 2 is 1.71 bits per heavy atom. The van der Waals surface area contributed by atoms with Gasteiger partial charge in [-0.2, -0.15) is 0 Å². The highest BCUT2D eigenvalue weighted by atomic mass is 16.4. The van der Waals surface area contributed by atoms with Gasteiger partial charge in [-0.05, 0) is 43.9 Å². The summed E-state index contributed by atoms with van der Waals surface area (Å²) in [5.74, 6) is -0.651. The first-order valence-electron chi connectivity index (χ1n) is 12.2. The topological polar surface area (TPSA) is 134 Å². The molecule has 8 nitrogen and oxygen atoms in total.